The number of nitrogens with one attached hydrogen (secondary N) is 1. The molecule has 2 N–H and O–H groups in total. The minimum absolute atomic E-state index is 0.162. The van der Waals surface area contributed by atoms with Crippen molar-refractivity contribution in [3.8, 4) is 0 Å². The van der Waals surface area contributed by atoms with Crippen LogP contribution in [0.3, 0.4) is 0 Å². The average Bonchev–Trinajstić information content (AvgIpc) is 2.28. The van der Waals surface area contributed by atoms with Crippen LogP contribution in [0.4, 0.5) is 0 Å². The lowest BCUT2D eigenvalue weighted by molar-refractivity contribution is 0.0000211. The summed E-state index contributed by atoms with van der Waals surface area (Å²) in [4.78, 5) is 0. The second kappa shape index (κ2) is 7.46. The minimum Gasteiger partial charge on any atom is -0.394 e. The molecule has 0 aromatic rings. The van der Waals surface area contributed by atoms with Gasteiger partial charge in [-0.15, -0.1) is 0 Å². The zero-order valence-corrected chi connectivity index (χ0v) is 12.5. The van der Waals surface area contributed by atoms with Gasteiger partial charge in [0.05, 0.1) is 12.7 Å². The van der Waals surface area contributed by atoms with Crippen molar-refractivity contribution in [1.29, 1.82) is 0 Å². The van der Waals surface area contributed by atoms with Crippen molar-refractivity contribution >= 4 is 0 Å². The van der Waals surface area contributed by atoms with E-state index in [1.54, 1.807) is 0 Å². The topological polar surface area (TPSA) is 41.5 Å². The van der Waals surface area contributed by atoms with Crippen LogP contribution in [0.2, 0.25) is 0 Å². The van der Waals surface area contributed by atoms with Gasteiger partial charge in [0.1, 0.15) is 0 Å². The SMILES string of the molecule is CC1CCCC(OCCC(C)(CO)NC(C)C)C1. The maximum Gasteiger partial charge on any atom is 0.0611 e. The summed E-state index contributed by atoms with van der Waals surface area (Å²) in [5, 5.41) is 12.9. The van der Waals surface area contributed by atoms with E-state index in [2.05, 4.69) is 33.0 Å². The van der Waals surface area contributed by atoms with Crippen molar-refractivity contribution < 1.29 is 9.84 Å². The third-order valence-electron chi connectivity index (χ3n) is 3.88. The number of rotatable bonds is 7. The van der Waals surface area contributed by atoms with Crippen LogP contribution in [0.5, 0.6) is 0 Å². The molecule has 0 radical (unpaired) electrons. The number of aliphatic hydroxyl groups is 1. The van der Waals surface area contributed by atoms with Gasteiger partial charge in [0.2, 0.25) is 0 Å². The molecular formula is C15H31NO2. The van der Waals surface area contributed by atoms with Gasteiger partial charge >= 0.3 is 0 Å². The van der Waals surface area contributed by atoms with Gasteiger partial charge in [0.15, 0.2) is 0 Å². The second-order valence-electron chi connectivity index (χ2n) is 6.53. The molecule has 1 fully saturated rings. The highest BCUT2D eigenvalue weighted by Gasteiger charge is 2.25. The van der Waals surface area contributed by atoms with Gasteiger partial charge in [-0.1, -0.05) is 33.6 Å². The van der Waals surface area contributed by atoms with Crippen LogP contribution in [-0.2, 0) is 4.74 Å². The molecule has 1 rings (SSSR count). The summed E-state index contributed by atoms with van der Waals surface area (Å²) in [6.07, 6.45) is 6.37. The van der Waals surface area contributed by atoms with E-state index in [0.717, 1.165) is 18.9 Å². The Balaban J connectivity index is 2.26. The first-order valence-electron chi connectivity index (χ1n) is 7.45. The highest BCUT2D eigenvalue weighted by molar-refractivity contribution is 4.84. The first-order chi connectivity index (χ1) is 8.45. The fraction of sp³-hybridized carbons (Fsp3) is 1.00. The Morgan fingerprint density at radius 3 is 2.67 bits per heavy atom. The molecule has 0 aromatic carbocycles. The third-order valence-corrected chi connectivity index (χ3v) is 3.88. The van der Waals surface area contributed by atoms with Gasteiger partial charge in [-0.3, -0.25) is 0 Å². The molecule has 3 heteroatoms. The van der Waals surface area contributed by atoms with Crippen LogP contribution in [0.1, 0.15) is 59.8 Å². The molecule has 3 atom stereocenters. The second-order valence-corrected chi connectivity index (χ2v) is 6.53. The summed E-state index contributed by atoms with van der Waals surface area (Å²) in [7, 11) is 0. The Kier molecular flexibility index (Phi) is 6.61. The zero-order chi connectivity index (χ0) is 13.6. The largest absolute Gasteiger partial charge is 0.394 e. The van der Waals surface area contributed by atoms with E-state index in [4.69, 9.17) is 4.74 Å². The molecule has 0 bridgehead atoms. The van der Waals surface area contributed by atoms with E-state index in [0.29, 0.717) is 12.1 Å². The Labute approximate surface area is 112 Å². The van der Waals surface area contributed by atoms with Crippen LogP contribution in [0, 0.1) is 5.92 Å². The Morgan fingerprint density at radius 1 is 1.39 bits per heavy atom. The first-order valence-corrected chi connectivity index (χ1v) is 7.45. The molecule has 18 heavy (non-hydrogen) atoms. The lowest BCUT2D eigenvalue weighted by atomic mass is 9.88. The van der Waals surface area contributed by atoms with Crippen molar-refractivity contribution in [3.05, 3.63) is 0 Å². The van der Waals surface area contributed by atoms with Crippen LogP contribution >= 0.6 is 0 Å². The van der Waals surface area contributed by atoms with E-state index in [1.807, 2.05) is 0 Å². The molecule has 1 aliphatic carbocycles. The Bertz CT molecular complexity index is 233. The number of ether oxygens (including phenoxy) is 1. The molecule has 3 unspecified atom stereocenters. The summed E-state index contributed by atoms with van der Waals surface area (Å²) in [5.41, 5.74) is -0.214. The molecule has 0 spiro atoms. The van der Waals surface area contributed by atoms with Crippen LogP contribution < -0.4 is 5.32 Å². The number of aliphatic hydroxyl groups excluding tert-OH is 1. The standard InChI is InChI=1S/C15H31NO2/c1-12(2)16-15(4,11-17)8-9-18-14-7-5-6-13(3)10-14/h12-14,16-17H,5-11H2,1-4H3. The molecule has 0 heterocycles. The monoisotopic (exact) mass is 257 g/mol. The van der Waals surface area contributed by atoms with Crippen molar-refractivity contribution in [1.82, 2.24) is 5.32 Å². The molecule has 1 saturated carbocycles. The summed E-state index contributed by atoms with van der Waals surface area (Å²) < 4.78 is 5.98. The van der Waals surface area contributed by atoms with Gasteiger partial charge in [-0.05, 0) is 32.1 Å². The highest BCUT2D eigenvalue weighted by atomic mass is 16.5. The average molecular weight is 257 g/mol. The molecule has 0 amide bonds. The van der Waals surface area contributed by atoms with Crippen LogP contribution in [0.25, 0.3) is 0 Å². The number of hydrogen-bond donors (Lipinski definition) is 2. The van der Waals surface area contributed by atoms with Crippen molar-refractivity contribution in [2.24, 2.45) is 5.92 Å². The zero-order valence-electron chi connectivity index (χ0n) is 12.5. The lowest BCUT2D eigenvalue weighted by Gasteiger charge is -2.33. The van der Waals surface area contributed by atoms with Crippen molar-refractivity contribution in [2.75, 3.05) is 13.2 Å². The summed E-state index contributed by atoms with van der Waals surface area (Å²) in [6.45, 7) is 9.51. The molecule has 0 aliphatic heterocycles. The fourth-order valence-electron chi connectivity index (χ4n) is 2.87. The Morgan fingerprint density at radius 2 is 2.11 bits per heavy atom. The van der Waals surface area contributed by atoms with Gasteiger partial charge in [0.25, 0.3) is 0 Å². The van der Waals surface area contributed by atoms with E-state index in [-0.39, 0.29) is 12.1 Å². The highest BCUT2D eigenvalue weighted by Crippen LogP contribution is 2.26. The van der Waals surface area contributed by atoms with E-state index < -0.39 is 0 Å². The number of hydrogen-bond acceptors (Lipinski definition) is 3. The smallest absolute Gasteiger partial charge is 0.0611 e. The molecule has 108 valence electrons. The minimum atomic E-state index is -0.214. The molecule has 1 aliphatic rings. The molecular weight excluding hydrogens is 226 g/mol. The van der Waals surface area contributed by atoms with Gasteiger partial charge in [-0.25, -0.2) is 0 Å². The third kappa shape index (κ3) is 5.68. The van der Waals surface area contributed by atoms with E-state index >= 15 is 0 Å². The van der Waals surface area contributed by atoms with Gasteiger partial charge in [-0.2, -0.15) is 0 Å². The van der Waals surface area contributed by atoms with Crippen LogP contribution in [-0.4, -0.2) is 36.0 Å². The fourth-order valence-corrected chi connectivity index (χ4v) is 2.87. The molecule has 3 nitrogen and oxygen atoms in total. The predicted octanol–water partition coefficient (Wildman–Crippen LogP) is 2.72. The summed E-state index contributed by atoms with van der Waals surface area (Å²) in [5.74, 6) is 0.807. The first kappa shape index (κ1) is 15.9. The van der Waals surface area contributed by atoms with Gasteiger partial charge in [0, 0.05) is 18.2 Å². The van der Waals surface area contributed by atoms with E-state index in [9.17, 15) is 5.11 Å². The molecule has 0 aromatic heterocycles. The predicted molar refractivity (Wildman–Crippen MR) is 75.8 cm³/mol. The summed E-state index contributed by atoms with van der Waals surface area (Å²) >= 11 is 0. The maximum absolute atomic E-state index is 9.50. The van der Waals surface area contributed by atoms with Gasteiger partial charge < -0.3 is 15.2 Å². The summed E-state index contributed by atoms with van der Waals surface area (Å²) in [6, 6.07) is 0.386. The molecule has 0 saturated heterocycles. The van der Waals surface area contributed by atoms with E-state index in [1.165, 1.54) is 25.7 Å². The maximum atomic E-state index is 9.50. The van der Waals surface area contributed by atoms with Crippen LogP contribution in [0.15, 0.2) is 0 Å². The van der Waals surface area contributed by atoms with Crippen molar-refractivity contribution in [3.63, 3.8) is 0 Å². The lowest BCUT2D eigenvalue weighted by Crippen LogP contribution is -2.50. The Hall–Kier alpha value is -0.120. The van der Waals surface area contributed by atoms with Crippen molar-refractivity contribution in [2.45, 2.75) is 77.5 Å². The normalized spacial score (nSPS) is 28.3. The quantitative estimate of drug-likeness (QED) is 0.737.